The van der Waals surface area contributed by atoms with Crippen molar-refractivity contribution >= 4 is 22.9 Å². The van der Waals surface area contributed by atoms with Crippen molar-refractivity contribution in [2.24, 2.45) is 0 Å². The molecule has 0 aliphatic carbocycles. The highest BCUT2D eigenvalue weighted by atomic mass is 16.6. The quantitative estimate of drug-likeness (QED) is 0.492. The number of hydrogen-bond donors (Lipinski definition) is 2. The van der Waals surface area contributed by atoms with Crippen LogP contribution in [0.25, 0.3) is 0 Å². The molecular formula is C19H22N5O2+. The summed E-state index contributed by atoms with van der Waals surface area (Å²) < 4.78 is 2.09. The molecule has 7 nitrogen and oxygen atoms in total. The maximum atomic E-state index is 11.0. The first-order valence-electron chi connectivity index (χ1n) is 8.61. The number of benzene rings is 2. The number of nitrogens with one attached hydrogen (secondary N) is 2. The minimum Gasteiger partial charge on any atom is -0.363 e. The van der Waals surface area contributed by atoms with Gasteiger partial charge in [0.05, 0.1) is 30.4 Å². The summed E-state index contributed by atoms with van der Waals surface area (Å²) in [7, 11) is 6.15. The number of non-ortho nitro benzene ring substituents is 1. The van der Waals surface area contributed by atoms with Crippen molar-refractivity contribution in [3.8, 4) is 0 Å². The highest BCUT2D eigenvalue weighted by molar-refractivity contribution is 5.92. The molecule has 2 N–H and O–H groups in total. The zero-order valence-electron chi connectivity index (χ0n) is 15.0. The molecule has 1 saturated heterocycles. The molecule has 7 heteroatoms. The molecule has 0 aromatic heterocycles. The average molecular weight is 352 g/mol. The Bertz CT molecular complexity index is 889. The smallest absolute Gasteiger partial charge is 0.269 e. The fourth-order valence-corrected chi connectivity index (χ4v) is 4.05. The Labute approximate surface area is 152 Å². The van der Waals surface area contributed by atoms with Gasteiger partial charge in [-0.3, -0.25) is 20.0 Å². The Morgan fingerprint density at radius 2 is 1.73 bits per heavy atom. The number of hydrogen-bond acceptors (Lipinski definition) is 4. The van der Waals surface area contributed by atoms with Crippen molar-refractivity contribution in [2.75, 3.05) is 31.4 Å². The fourth-order valence-electron chi connectivity index (χ4n) is 4.05. The van der Waals surface area contributed by atoms with Crippen molar-refractivity contribution in [3.05, 3.63) is 64.2 Å². The molecule has 134 valence electrons. The molecule has 2 aromatic carbocycles. The zero-order chi connectivity index (χ0) is 18.4. The van der Waals surface area contributed by atoms with E-state index in [1.165, 1.54) is 0 Å². The molecule has 2 aliphatic heterocycles. The van der Waals surface area contributed by atoms with Crippen LogP contribution in [0.2, 0.25) is 0 Å². The topological polar surface area (TPSA) is 73.4 Å². The molecule has 0 radical (unpaired) electrons. The van der Waals surface area contributed by atoms with Gasteiger partial charge in [-0.2, -0.15) is 0 Å². The molecule has 3 atom stereocenters. The van der Waals surface area contributed by atoms with Crippen LogP contribution in [0.15, 0.2) is 48.5 Å². The number of nitro benzene ring substituents is 1. The van der Waals surface area contributed by atoms with E-state index in [-0.39, 0.29) is 28.7 Å². The monoisotopic (exact) mass is 352 g/mol. The Balaban J connectivity index is 1.79. The SMILES string of the molecule is CN1c2ccccc2N[C@@H]2NC(=[N+](C)C)[C@@H](c3ccc([N+](=O)[O-])cc3)[C@@H]21. The van der Waals surface area contributed by atoms with Gasteiger partial charge in [0.15, 0.2) is 6.17 Å². The lowest BCUT2D eigenvalue weighted by atomic mass is 9.89. The Hall–Kier alpha value is -3.09. The summed E-state index contributed by atoms with van der Waals surface area (Å²) in [6.07, 6.45) is 0.0625. The van der Waals surface area contributed by atoms with Crippen molar-refractivity contribution in [1.82, 2.24) is 5.32 Å². The first-order chi connectivity index (χ1) is 12.5. The second kappa shape index (κ2) is 6.01. The van der Waals surface area contributed by atoms with E-state index in [2.05, 4.69) is 39.3 Å². The predicted molar refractivity (Wildman–Crippen MR) is 102 cm³/mol. The largest absolute Gasteiger partial charge is 0.363 e. The molecule has 0 amide bonds. The third kappa shape index (κ3) is 2.47. The van der Waals surface area contributed by atoms with Crippen LogP contribution < -0.4 is 15.5 Å². The molecule has 0 unspecified atom stereocenters. The lowest BCUT2D eigenvalue weighted by Crippen LogP contribution is -2.51. The first kappa shape index (κ1) is 16.4. The van der Waals surface area contributed by atoms with Gasteiger partial charge in [-0.05, 0) is 17.7 Å². The standard InChI is InChI=1S/C19H21N5O2/c1-22(2)19-16(12-8-10-13(11-9-12)24(25)26)17-18(21-19)20-14-6-4-5-7-15(14)23(17)3/h4-11,16-18,20H,1-3H3/p+1/t16-,17-,18+/m0/s1. The van der Waals surface area contributed by atoms with Crippen LogP contribution in [-0.2, 0) is 0 Å². The van der Waals surface area contributed by atoms with Gasteiger partial charge in [-0.1, -0.05) is 24.3 Å². The predicted octanol–water partition coefficient (Wildman–Crippen LogP) is 2.21. The van der Waals surface area contributed by atoms with Crippen LogP contribution in [0, 0.1) is 10.1 Å². The summed E-state index contributed by atoms with van der Waals surface area (Å²) in [4.78, 5) is 12.9. The molecule has 2 aliphatic rings. The summed E-state index contributed by atoms with van der Waals surface area (Å²) in [6, 6.07) is 15.3. The van der Waals surface area contributed by atoms with Crippen LogP contribution in [0.5, 0.6) is 0 Å². The lowest BCUT2D eigenvalue weighted by molar-refractivity contribution is -0.468. The van der Waals surface area contributed by atoms with Crippen LogP contribution >= 0.6 is 0 Å². The molecule has 0 spiro atoms. The number of para-hydroxylation sites is 2. The number of fused-ring (bicyclic) bond motifs is 2. The average Bonchev–Trinajstić information content (AvgIpc) is 3.02. The van der Waals surface area contributed by atoms with Crippen LogP contribution in [0.3, 0.4) is 0 Å². The number of likely N-dealkylation sites (N-methyl/N-ethyl adjacent to an activating group) is 1. The summed E-state index contributed by atoms with van der Waals surface area (Å²) in [5, 5.41) is 18.2. The normalized spacial score (nSPS) is 23.6. The summed E-state index contributed by atoms with van der Waals surface area (Å²) >= 11 is 0. The molecule has 0 bridgehead atoms. The van der Waals surface area contributed by atoms with Gasteiger partial charge in [-0.15, -0.1) is 0 Å². The third-order valence-corrected chi connectivity index (χ3v) is 5.27. The van der Waals surface area contributed by atoms with E-state index in [9.17, 15) is 10.1 Å². The van der Waals surface area contributed by atoms with Crippen LogP contribution in [0.4, 0.5) is 17.1 Å². The summed E-state index contributed by atoms with van der Waals surface area (Å²) in [5.74, 6) is 1.18. The molecule has 4 rings (SSSR count). The minimum absolute atomic E-state index is 0.0625. The van der Waals surface area contributed by atoms with E-state index >= 15 is 0 Å². The van der Waals surface area contributed by atoms with Crippen molar-refractivity contribution in [2.45, 2.75) is 18.1 Å². The van der Waals surface area contributed by atoms with Crippen molar-refractivity contribution < 1.29 is 9.50 Å². The molecule has 1 fully saturated rings. The van der Waals surface area contributed by atoms with Crippen molar-refractivity contribution in [1.29, 1.82) is 0 Å². The van der Waals surface area contributed by atoms with Gasteiger partial charge in [0, 0.05) is 19.2 Å². The highest BCUT2D eigenvalue weighted by Gasteiger charge is 2.51. The molecule has 26 heavy (non-hydrogen) atoms. The van der Waals surface area contributed by atoms with Crippen LogP contribution in [-0.4, -0.2) is 48.7 Å². The first-order valence-corrected chi connectivity index (χ1v) is 8.61. The number of rotatable bonds is 2. The number of anilines is 2. The second-order valence-electron chi connectivity index (χ2n) is 6.99. The Kier molecular flexibility index (Phi) is 3.79. The number of amidine groups is 1. The highest BCUT2D eigenvalue weighted by Crippen LogP contribution is 2.40. The van der Waals surface area contributed by atoms with Crippen molar-refractivity contribution in [3.63, 3.8) is 0 Å². The van der Waals surface area contributed by atoms with Gasteiger partial charge in [0.2, 0.25) is 0 Å². The van der Waals surface area contributed by atoms with Gasteiger partial charge < -0.3 is 10.2 Å². The van der Waals surface area contributed by atoms with E-state index in [4.69, 9.17) is 0 Å². The molecular weight excluding hydrogens is 330 g/mol. The van der Waals surface area contributed by atoms with Gasteiger partial charge in [0.1, 0.15) is 12.0 Å². The molecule has 0 saturated carbocycles. The van der Waals surface area contributed by atoms with E-state index in [0.29, 0.717) is 0 Å². The minimum atomic E-state index is -0.361. The third-order valence-electron chi connectivity index (χ3n) is 5.27. The van der Waals surface area contributed by atoms with Gasteiger partial charge >= 0.3 is 0 Å². The molecule has 2 aromatic rings. The maximum Gasteiger partial charge on any atom is 0.269 e. The lowest BCUT2D eigenvalue weighted by Gasteiger charge is -2.38. The Morgan fingerprint density at radius 3 is 2.38 bits per heavy atom. The summed E-state index contributed by atoms with van der Waals surface area (Å²) in [5.41, 5.74) is 3.43. The fraction of sp³-hybridized carbons (Fsp3) is 0.316. The Morgan fingerprint density at radius 1 is 1.04 bits per heavy atom. The second-order valence-corrected chi connectivity index (χ2v) is 6.99. The van der Waals surface area contributed by atoms with E-state index in [1.54, 1.807) is 12.1 Å². The zero-order valence-corrected chi connectivity index (χ0v) is 15.0. The number of nitrogens with zero attached hydrogens (tertiary/aromatic N) is 3. The van der Waals surface area contributed by atoms with E-state index in [0.717, 1.165) is 22.8 Å². The van der Waals surface area contributed by atoms with Crippen LogP contribution in [0.1, 0.15) is 11.5 Å². The van der Waals surface area contributed by atoms with Gasteiger partial charge in [0.25, 0.3) is 11.5 Å². The maximum absolute atomic E-state index is 11.0. The summed E-state index contributed by atoms with van der Waals surface area (Å²) in [6.45, 7) is 0. The number of nitro groups is 1. The van der Waals surface area contributed by atoms with Gasteiger partial charge in [-0.25, -0.2) is 0 Å². The van der Waals surface area contributed by atoms with E-state index in [1.807, 2.05) is 38.4 Å². The molecule has 2 heterocycles. The van der Waals surface area contributed by atoms with E-state index < -0.39 is 0 Å².